The van der Waals surface area contributed by atoms with Gasteiger partial charge in [-0.05, 0) is 0 Å². The van der Waals surface area contributed by atoms with Crippen LogP contribution in [0.25, 0.3) is 0 Å². The third-order valence-corrected chi connectivity index (χ3v) is 4.59. The monoisotopic (exact) mass is 332 g/mol. The number of pyridine rings is 2. The summed E-state index contributed by atoms with van der Waals surface area (Å²) in [5.41, 5.74) is 0. The summed E-state index contributed by atoms with van der Waals surface area (Å²) in [7, 11) is -8.29. The second-order valence-corrected chi connectivity index (χ2v) is 6.71. The van der Waals surface area contributed by atoms with Gasteiger partial charge in [-0.3, -0.25) is 0 Å². The topological polar surface area (TPSA) is 94.5 Å². The molecule has 21 heavy (non-hydrogen) atoms. The Kier molecular flexibility index (Phi) is 4.63. The molecule has 0 saturated carbocycles. The van der Waals surface area contributed by atoms with Crippen LogP contribution in [0.15, 0.2) is 61.2 Å². The average molecular weight is 332 g/mol. The van der Waals surface area contributed by atoms with Crippen molar-refractivity contribution in [1.82, 2.24) is 0 Å². The fraction of sp³-hybridized carbons (Fsp3) is 0.0909. The van der Waals surface area contributed by atoms with Crippen LogP contribution >= 0.6 is 0 Å². The van der Waals surface area contributed by atoms with Crippen LogP contribution in [0, 0.1) is 0 Å². The summed E-state index contributed by atoms with van der Waals surface area (Å²) in [6, 6.07) is 9.19. The molecule has 2 rings (SSSR count). The fourth-order valence-corrected chi connectivity index (χ4v) is 2.85. The third kappa shape index (κ3) is 4.04. The van der Waals surface area contributed by atoms with Gasteiger partial charge in [-0.15, -0.1) is 16.8 Å². The Morgan fingerprint density at radius 3 is 1.29 bits per heavy atom. The molecule has 112 valence electrons. The first-order chi connectivity index (χ1) is 9.92. The molecule has 0 aliphatic rings. The Bertz CT molecular complexity index is 722. The molecular weight excluding hydrogens is 320 g/mol. The van der Waals surface area contributed by atoms with Crippen LogP contribution in [0.3, 0.4) is 0 Å². The summed E-state index contributed by atoms with van der Waals surface area (Å²) in [6.07, 6.45) is 4.98. The van der Waals surface area contributed by atoms with E-state index in [4.69, 9.17) is 0 Å². The Morgan fingerprint density at radius 1 is 0.619 bits per heavy atom. The molecule has 0 atom stereocenters. The van der Waals surface area contributed by atoms with Gasteiger partial charge in [0.2, 0.25) is 0 Å². The second-order valence-electron chi connectivity index (χ2n) is 3.68. The van der Waals surface area contributed by atoms with Crippen LogP contribution < -0.4 is 7.94 Å². The molecule has 2 aromatic heterocycles. The predicted molar refractivity (Wildman–Crippen MR) is 68.9 cm³/mol. The highest BCUT2D eigenvalue weighted by atomic mass is 32.2. The molecule has 10 heteroatoms. The number of nitrogens with zero attached hydrogens (tertiary/aromatic N) is 2. The Morgan fingerprint density at radius 2 is 0.952 bits per heavy atom. The zero-order chi connectivity index (χ0) is 15.3. The first-order valence-electron chi connectivity index (χ1n) is 5.64. The van der Waals surface area contributed by atoms with Gasteiger partial charge in [0.15, 0.2) is 31.6 Å². The molecule has 0 saturated heterocycles. The molecule has 0 fully saturated rings. The quantitative estimate of drug-likeness (QED) is 0.505. The van der Waals surface area contributed by atoms with E-state index in [0.717, 1.165) is 7.94 Å². The van der Waals surface area contributed by atoms with Crippen molar-refractivity contribution < 1.29 is 33.1 Å². The zero-order valence-electron chi connectivity index (χ0n) is 10.6. The largest absolute Gasteiger partial charge is 0.516 e. The predicted octanol–water partition coefficient (Wildman–Crippen LogP) is -0.862. The highest BCUT2D eigenvalue weighted by Gasteiger charge is 2.27. The van der Waals surface area contributed by atoms with E-state index in [1.165, 1.54) is 49.1 Å². The van der Waals surface area contributed by atoms with E-state index < -0.39 is 27.4 Å². The maximum Gasteiger partial charge on any atom is 0.516 e. The maximum atomic E-state index is 11.7. The lowest BCUT2D eigenvalue weighted by Crippen LogP contribution is -2.46. The molecule has 0 aliphatic carbocycles. The lowest BCUT2D eigenvalue weighted by Gasteiger charge is -2.00. The fourth-order valence-electron chi connectivity index (χ4n) is 1.33. The first-order valence-corrected chi connectivity index (χ1v) is 8.37. The molecule has 0 aliphatic heterocycles. The molecule has 2 aromatic rings. The van der Waals surface area contributed by atoms with Gasteiger partial charge in [-0.2, -0.15) is 8.37 Å². The van der Waals surface area contributed by atoms with Crippen molar-refractivity contribution in [3.05, 3.63) is 61.2 Å². The number of aromatic nitrogens is 2. The molecule has 0 amide bonds. The van der Waals surface area contributed by atoms with Gasteiger partial charge in [0, 0.05) is 24.3 Å². The summed E-state index contributed by atoms with van der Waals surface area (Å²) >= 11 is 0. The molecule has 0 aromatic carbocycles. The van der Waals surface area contributed by atoms with Crippen molar-refractivity contribution in [2.45, 2.75) is 0 Å². The van der Waals surface area contributed by atoms with E-state index in [0.29, 0.717) is 0 Å². The molecule has 0 unspecified atom stereocenters. The van der Waals surface area contributed by atoms with E-state index in [1.807, 2.05) is 0 Å². The highest BCUT2D eigenvalue weighted by molar-refractivity contribution is 7.80. The SMILES string of the molecule is O=S(=O)(OCOS(=O)(=O)[n+]1ccccc1)[n+]1ccccc1. The Balaban J connectivity index is 2.02. The molecule has 0 N–H and O–H groups in total. The summed E-state index contributed by atoms with van der Waals surface area (Å²) in [6.45, 7) is -0.964. The summed E-state index contributed by atoms with van der Waals surface area (Å²) < 4.78 is 57.4. The zero-order valence-corrected chi connectivity index (χ0v) is 12.3. The van der Waals surface area contributed by atoms with Gasteiger partial charge in [0.1, 0.15) is 0 Å². The van der Waals surface area contributed by atoms with Crippen molar-refractivity contribution in [3.8, 4) is 0 Å². The van der Waals surface area contributed by atoms with Crippen molar-refractivity contribution in [3.63, 3.8) is 0 Å². The first kappa shape index (κ1) is 15.5. The lowest BCUT2D eigenvalue weighted by atomic mass is 10.5. The molecule has 2 heterocycles. The Hall–Kier alpha value is -1.88. The van der Waals surface area contributed by atoms with Gasteiger partial charge >= 0.3 is 20.6 Å². The smallest absolute Gasteiger partial charge is 0.187 e. The highest BCUT2D eigenvalue weighted by Crippen LogP contribution is 1.94. The summed E-state index contributed by atoms with van der Waals surface area (Å²) in [4.78, 5) is 0. The van der Waals surface area contributed by atoms with Crippen LogP contribution in [0.4, 0.5) is 0 Å². The third-order valence-electron chi connectivity index (χ3n) is 2.29. The van der Waals surface area contributed by atoms with Crippen molar-refractivity contribution >= 4 is 20.6 Å². The minimum Gasteiger partial charge on any atom is -0.187 e. The van der Waals surface area contributed by atoms with Crippen LogP contribution in [-0.4, -0.2) is 23.6 Å². The van der Waals surface area contributed by atoms with Crippen molar-refractivity contribution in [2.24, 2.45) is 0 Å². The van der Waals surface area contributed by atoms with E-state index in [9.17, 15) is 16.8 Å². The summed E-state index contributed by atoms with van der Waals surface area (Å²) in [5.74, 6) is 0. The summed E-state index contributed by atoms with van der Waals surface area (Å²) in [5, 5.41) is 0. The molecule has 0 spiro atoms. The Labute approximate surface area is 122 Å². The molecule has 0 bridgehead atoms. The number of rotatable bonds is 6. The van der Waals surface area contributed by atoms with Gasteiger partial charge in [-0.1, -0.05) is 20.1 Å². The normalized spacial score (nSPS) is 12.2. The number of hydrogen-bond donors (Lipinski definition) is 0. The minimum atomic E-state index is -4.15. The average Bonchev–Trinajstić information content (AvgIpc) is 2.49. The molecule has 0 radical (unpaired) electrons. The van der Waals surface area contributed by atoms with E-state index >= 15 is 0 Å². The number of hydrogen-bond acceptors (Lipinski definition) is 6. The minimum absolute atomic E-state index is 0.790. The van der Waals surface area contributed by atoms with Crippen molar-refractivity contribution in [1.29, 1.82) is 0 Å². The van der Waals surface area contributed by atoms with Crippen molar-refractivity contribution in [2.75, 3.05) is 6.79 Å². The van der Waals surface area contributed by atoms with Gasteiger partial charge in [-0.25, -0.2) is 0 Å². The van der Waals surface area contributed by atoms with Crippen LogP contribution in [0.5, 0.6) is 0 Å². The second kappa shape index (κ2) is 6.26. The van der Waals surface area contributed by atoms with E-state index in [1.54, 1.807) is 12.1 Å². The van der Waals surface area contributed by atoms with Gasteiger partial charge in [0.05, 0.1) is 0 Å². The van der Waals surface area contributed by atoms with E-state index in [-0.39, 0.29) is 0 Å². The molecule has 8 nitrogen and oxygen atoms in total. The van der Waals surface area contributed by atoms with Gasteiger partial charge < -0.3 is 0 Å². The standard InChI is InChI=1S/C11H12N2O6S2/c14-20(15,12-7-3-1-4-8-12)18-11-19-21(16,17)13-9-5-2-6-10-13/h1-10H,11H2/q+2. The van der Waals surface area contributed by atoms with Crippen LogP contribution in [-0.2, 0) is 29.0 Å². The van der Waals surface area contributed by atoms with Crippen LogP contribution in [0.1, 0.15) is 0 Å². The molecular formula is C11H12N2O6S2+2. The van der Waals surface area contributed by atoms with Gasteiger partial charge in [0.25, 0.3) is 0 Å². The maximum absolute atomic E-state index is 11.7. The lowest BCUT2D eigenvalue weighted by molar-refractivity contribution is -0.524. The van der Waals surface area contributed by atoms with Crippen LogP contribution in [0.2, 0.25) is 0 Å². The van der Waals surface area contributed by atoms with E-state index in [2.05, 4.69) is 8.37 Å².